The van der Waals surface area contributed by atoms with E-state index in [-0.39, 0.29) is 20.6 Å². The smallest absolute Gasteiger partial charge is 0.285 e. The minimum absolute atomic E-state index is 0.0801. The summed E-state index contributed by atoms with van der Waals surface area (Å²) in [6.45, 7) is 2.37. The molecule has 2 aromatic carbocycles. The van der Waals surface area contributed by atoms with Crippen LogP contribution in [0.25, 0.3) is 11.4 Å². The van der Waals surface area contributed by atoms with Gasteiger partial charge >= 0.3 is 0 Å². The largest absolute Gasteiger partial charge is 0.330 e. The van der Waals surface area contributed by atoms with Crippen LogP contribution in [0, 0.1) is 0 Å². The number of hydrogen-bond acceptors (Lipinski definition) is 4. The molecule has 0 atom stereocenters. The van der Waals surface area contributed by atoms with Gasteiger partial charge in [-0.15, -0.1) is 0 Å². The van der Waals surface area contributed by atoms with Gasteiger partial charge in [-0.25, -0.2) is 18.1 Å². The van der Waals surface area contributed by atoms with Gasteiger partial charge in [-0.1, -0.05) is 53.0 Å². The lowest BCUT2D eigenvalue weighted by Gasteiger charge is -2.08. The van der Waals surface area contributed by atoms with Gasteiger partial charge in [0.15, 0.2) is 0 Å². The summed E-state index contributed by atoms with van der Waals surface area (Å²) in [6.07, 6.45) is 1.46. The van der Waals surface area contributed by atoms with Gasteiger partial charge in [0.25, 0.3) is 15.9 Å². The van der Waals surface area contributed by atoms with Crippen molar-refractivity contribution >= 4 is 50.7 Å². The normalized spacial score (nSPS) is 11.4. The molecular formula is C18H14Cl3N3O3S. The molecule has 3 aromatic rings. The van der Waals surface area contributed by atoms with E-state index < -0.39 is 15.9 Å². The first kappa shape index (κ1) is 20.7. The van der Waals surface area contributed by atoms with Crippen LogP contribution in [0.4, 0.5) is 0 Å². The van der Waals surface area contributed by atoms with Crippen molar-refractivity contribution < 1.29 is 13.2 Å². The van der Waals surface area contributed by atoms with Gasteiger partial charge in [-0.3, -0.25) is 4.79 Å². The summed E-state index contributed by atoms with van der Waals surface area (Å²) >= 11 is 18.1. The zero-order valence-electron chi connectivity index (χ0n) is 14.5. The molecule has 0 bridgehead atoms. The van der Waals surface area contributed by atoms with Crippen LogP contribution in [0.15, 0.2) is 53.6 Å². The van der Waals surface area contributed by atoms with E-state index in [1.165, 1.54) is 24.4 Å². The van der Waals surface area contributed by atoms with Crippen molar-refractivity contribution in [1.82, 2.24) is 14.3 Å². The minimum Gasteiger partial charge on any atom is -0.330 e. The minimum atomic E-state index is -4.29. The second-order valence-electron chi connectivity index (χ2n) is 5.70. The number of carbonyl (C=O) groups excluding carboxylic acids is 1. The SMILES string of the molecule is CCn1cc(C(=O)NS(=O)(=O)c2c(Cl)cccc2Cl)nc1-c1ccccc1Cl. The number of hydrogen-bond donors (Lipinski definition) is 1. The molecule has 0 fully saturated rings. The lowest BCUT2D eigenvalue weighted by molar-refractivity contribution is 0.0977. The van der Waals surface area contributed by atoms with Crippen LogP contribution in [-0.2, 0) is 16.6 Å². The predicted molar refractivity (Wildman–Crippen MR) is 109 cm³/mol. The summed E-state index contributed by atoms with van der Waals surface area (Å²) in [5.74, 6) is -0.456. The first-order valence-corrected chi connectivity index (χ1v) is 10.7. The van der Waals surface area contributed by atoms with E-state index in [9.17, 15) is 13.2 Å². The van der Waals surface area contributed by atoms with Crippen LogP contribution >= 0.6 is 34.8 Å². The second-order valence-corrected chi connectivity index (χ2v) is 8.54. The van der Waals surface area contributed by atoms with E-state index in [0.717, 1.165) is 0 Å². The summed E-state index contributed by atoms with van der Waals surface area (Å²) in [5.41, 5.74) is 0.547. The monoisotopic (exact) mass is 457 g/mol. The molecule has 146 valence electrons. The maximum absolute atomic E-state index is 12.6. The Kier molecular flexibility index (Phi) is 6.00. The zero-order chi connectivity index (χ0) is 20.5. The third-order valence-electron chi connectivity index (χ3n) is 3.88. The molecule has 1 aromatic heterocycles. The van der Waals surface area contributed by atoms with Gasteiger partial charge in [0, 0.05) is 18.3 Å². The Labute approximate surface area is 177 Å². The van der Waals surface area contributed by atoms with Crippen molar-refractivity contribution in [3.05, 3.63) is 69.4 Å². The molecule has 0 aliphatic heterocycles. The molecule has 0 unspecified atom stereocenters. The Balaban J connectivity index is 1.97. The second kappa shape index (κ2) is 8.13. The third-order valence-corrected chi connectivity index (χ3v) is 6.49. The Morgan fingerprint density at radius 3 is 2.25 bits per heavy atom. The Morgan fingerprint density at radius 1 is 1.04 bits per heavy atom. The van der Waals surface area contributed by atoms with Gasteiger partial charge in [0.1, 0.15) is 16.4 Å². The highest BCUT2D eigenvalue weighted by molar-refractivity contribution is 7.90. The molecule has 28 heavy (non-hydrogen) atoms. The topological polar surface area (TPSA) is 81.1 Å². The van der Waals surface area contributed by atoms with E-state index in [2.05, 4.69) is 4.98 Å². The van der Waals surface area contributed by atoms with Gasteiger partial charge in [0.05, 0.1) is 15.1 Å². The first-order chi connectivity index (χ1) is 13.2. The lowest BCUT2D eigenvalue weighted by atomic mass is 10.2. The molecule has 0 aliphatic rings. The lowest BCUT2D eigenvalue weighted by Crippen LogP contribution is -2.31. The van der Waals surface area contributed by atoms with Gasteiger partial charge in [0.2, 0.25) is 0 Å². The van der Waals surface area contributed by atoms with Crippen LogP contribution in [-0.4, -0.2) is 23.9 Å². The van der Waals surface area contributed by atoms with Crippen LogP contribution in [0.2, 0.25) is 15.1 Å². The predicted octanol–water partition coefficient (Wildman–Crippen LogP) is 4.65. The van der Waals surface area contributed by atoms with Crippen LogP contribution in [0.3, 0.4) is 0 Å². The zero-order valence-corrected chi connectivity index (χ0v) is 17.6. The Morgan fingerprint density at radius 2 is 1.64 bits per heavy atom. The number of aromatic nitrogens is 2. The molecule has 1 amide bonds. The average molecular weight is 459 g/mol. The van der Waals surface area contributed by atoms with E-state index in [1.54, 1.807) is 28.8 Å². The van der Waals surface area contributed by atoms with E-state index in [0.29, 0.717) is 23.0 Å². The highest BCUT2D eigenvalue weighted by Crippen LogP contribution is 2.30. The number of nitrogens with one attached hydrogen (secondary N) is 1. The number of nitrogens with zero attached hydrogens (tertiary/aromatic N) is 2. The summed E-state index contributed by atoms with van der Waals surface area (Å²) in [5, 5.41) is 0.275. The number of carbonyl (C=O) groups is 1. The highest BCUT2D eigenvalue weighted by atomic mass is 35.5. The van der Waals surface area contributed by atoms with E-state index in [1.807, 2.05) is 11.6 Å². The maximum atomic E-state index is 12.6. The van der Waals surface area contributed by atoms with Gasteiger partial charge in [-0.2, -0.15) is 0 Å². The molecular weight excluding hydrogens is 445 g/mol. The Hall–Kier alpha value is -2.06. The maximum Gasteiger partial charge on any atom is 0.285 e. The molecule has 0 spiro atoms. The van der Waals surface area contributed by atoms with E-state index in [4.69, 9.17) is 34.8 Å². The molecule has 0 saturated carbocycles. The quantitative estimate of drug-likeness (QED) is 0.603. The standard InChI is InChI=1S/C18H14Cl3N3O3S/c1-2-24-10-15(22-17(24)11-6-3-4-7-12(11)19)18(25)23-28(26,27)16-13(20)8-5-9-14(16)21/h3-10H,2H2,1H3,(H,23,25). The molecule has 1 N–H and O–H groups in total. The number of benzene rings is 2. The summed E-state index contributed by atoms with van der Waals surface area (Å²) < 4.78 is 28.8. The van der Waals surface area contributed by atoms with Crippen LogP contribution in [0.1, 0.15) is 17.4 Å². The van der Waals surface area contributed by atoms with Crippen molar-refractivity contribution in [2.75, 3.05) is 0 Å². The fourth-order valence-corrected chi connectivity index (χ4v) is 4.92. The first-order valence-electron chi connectivity index (χ1n) is 8.08. The highest BCUT2D eigenvalue weighted by Gasteiger charge is 2.26. The molecule has 0 radical (unpaired) electrons. The fraction of sp³-hybridized carbons (Fsp3) is 0.111. The molecule has 0 saturated heterocycles. The van der Waals surface area contributed by atoms with Crippen molar-refractivity contribution in [1.29, 1.82) is 0 Å². The van der Waals surface area contributed by atoms with Crippen LogP contribution in [0.5, 0.6) is 0 Å². The fourth-order valence-electron chi connectivity index (χ4n) is 2.59. The van der Waals surface area contributed by atoms with Crippen molar-refractivity contribution in [2.45, 2.75) is 18.4 Å². The molecule has 1 heterocycles. The average Bonchev–Trinajstić information content (AvgIpc) is 3.05. The number of imidazole rings is 1. The Bertz CT molecular complexity index is 1140. The summed E-state index contributed by atoms with van der Waals surface area (Å²) in [4.78, 5) is 16.5. The van der Waals surface area contributed by atoms with Crippen LogP contribution < -0.4 is 4.72 Å². The van der Waals surface area contributed by atoms with Crippen molar-refractivity contribution in [3.63, 3.8) is 0 Å². The molecule has 10 heteroatoms. The van der Waals surface area contributed by atoms with Crippen molar-refractivity contribution in [2.24, 2.45) is 0 Å². The number of aryl methyl sites for hydroxylation is 1. The number of rotatable bonds is 5. The summed E-state index contributed by atoms with van der Waals surface area (Å²) in [7, 11) is -4.29. The van der Waals surface area contributed by atoms with Gasteiger partial charge in [-0.05, 0) is 31.2 Å². The summed E-state index contributed by atoms with van der Waals surface area (Å²) in [6, 6.07) is 11.3. The van der Waals surface area contributed by atoms with Crippen molar-refractivity contribution in [3.8, 4) is 11.4 Å². The molecule has 0 aliphatic carbocycles. The number of amides is 1. The molecule has 3 rings (SSSR count). The number of halogens is 3. The number of sulfonamides is 1. The third kappa shape index (κ3) is 4.03. The van der Waals surface area contributed by atoms with Gasteiger partial charge < -0.3 is 4.57 Å². The van der Waals surface area contributed by atoms with E-state index >= 15 is 0 Å². The molecule has 6 nitrogen and oxygen atoms in total.